The smallest absolute Gasteiger partial charge is 0.277 e. The maximum atomic E-state index is 11.7. The van der Waals surface area contributed by atoms with Crippen LogP contribution in [-0.4, -0.2) is 25.3 Å². The Bertz CT molecular complexity index is 470. The van der Waals surface area contributed by atoms with Crippen LogP contribution < -0.4 is 14.9 Å². The highest BCUT2D eigenvalue weighted by Gasteiger charge is 2.07. The molecule has 1 N–H and O–H groups in total. The van der Waals surface area contributed by atoms with Crippen molar-refractivity contribution in [3.8, 4) is 11.5 Å². The Morgan fingerprint density at radius 1 is 1.30 bits per heavy atom. The molecule has 0 heterocycles. The van der Waals surface area contributed by atoms with Gasteiger partial charge in [-0.25, -0.2) is 5.43 Å². The average molecular weight is 278 g/mol. The standard InChI is InChI=1S/C15H22N2O3/c1-5-12(11(2)3)16-17-15(18)10-20-14-9-7-6-8-13(14)19-4/h6-9,11H,5,10H2,1-4H3,(H,17,18)/b16-12-. The van der Waals surface area contributed by atoms with E-state index in [0.717, 1.165) is 12.1 Å². The van der Waals surface area contributed by atoms with E-state index in [2.05, 4.69) is 10.5 Å². The van der Waals surface area contributed by atoms with Crippen LogP contribution in [0.2, 0.25) is 0 Å². The second kappa shape index (κ2) is 8.19. The van der Waals surface area contributed by atoms with Gasteiger partial charge in [-0.15, -0.1) is 0 Å². The Balaban J connectivity index is 2.51. The highest BCUT2D eigenvalue weighted by Crippen LogP contribution is 2.25. The SMILES string of the molecule is CC/C(=N/NC(=O)COc1ccccc1OC)C(C)C. The van der Waals surface area contributed by atoms with E-state index in [1.54, 1.807) is 19.2 Å². The fourth-order valence-corrected chi connectivity index (χ4v) is 1.66. The Hall–Kier alpha value is -2.04. The van der Waals surface area contributed by atoms with Crippen molar-refractivity contribution in [3.05, 3.63) is 24.3 Å². The molecule has 0 fully saturated rings. The summed E-state index contributed by atoms with van der Waals surface area (Å²) in [5.74, 6) is 1.16. The molecule has 0 aromatic heterocycles. The molecule has 0 aliphatic carbocycles. The quantitative estimate of drug-likeness (QED) is 0.616. The number of para-hydroxylation sites is 2. The predicted octanol–water partition coefficient (Wildman–Crippen LogP) is 2.61. The Morgan fingerprint density at radius 3 is 2.50 bits per heavy atom. The number of hydrazone groups is 1. The molecule has 0 spiro atoms. The molecule has 0 radical (unpaired) electrons. The van der Waals surface area contributed by atoms with Gasteiger partial charge in [0.05, 0.1) is 7.11 Å². The highest BCUT2D eigenvalue weighted by atomic mass is 16.5. The van der Waals surface area contributed by atoms with Gasteiger partial charge in [0, 0.05) is 5.71 Å². The maximum absolute atomic E-state index is 11.7. The first-order valence-corrected chi connectivity index (χ1v) is 6.69. The van der Waals surface area contributed by atoms with Crippen LogP contribution in [0.3, 0.4) is 0 Å². The molecular weight excluding hydrogens is 256 g/mol. The van der Waals surface area contributed by atoms with Gasteiger partial charge in [0.2, 0.25) is 0 Å². The Labute approximate surface area is 120 Å². The van der Waals surface area contributed by atoms with Crippen molar-refractivity contribution in [3.63, 3.8) is 0 Å². The van der Waals surface area contributed by atoms with Gasteiger partial charge < -0.3 is 9.47 Å². The molecule has 0 atom stereocenters. The topological polar surface area (TPSA) is 59.9 Å². The van der Waals surface area contributed by atoms with E-state index >= 15 is 0 Å². The van der Waals surface area contributed by atoms with E-state index in [4.69, 9.17) is 9.47 Å². The molecular formula is C15H22N2O3. The van der Waals surface area contributed by atoms with Crippen molar-refractivity contribution in [2.45, 2.75) is 27.2 Å². The summed E-state index contributed by atoms with van der Waals surface area (Å²) in [6, 6.07) is 7.19. The second-order valence-corrected chi connectivity index (χ2v) is 4.59. The maximum Gasteiger partial charge on any atom is 0.277 e. The molecule has 0 unspecified atom stereocenters. The molecule has 0 bridgehead atoms. The molecule has 110 valence electrons. The van der Waals surface area contributed by atoms with Crippen LogP contribution >= 0.6 is 0 Å². The minimum atomic E-state index is -0.289. The van der Waals surface area contributed by atoms with Crippen LogP contribution in [0.1, 0.15) is 27.2 Å². The third-order valence-corrected chi connectivity index (χ3v) is 2.78. The minimum Gasteiger partial charge on any atom is -0.493 e. The number of carbonyl (C=O) groups excluding carboxylic acids is 1. The van der Waals surface area contributed by atoms with Crippen LogP contribution in [0.15, 0.2) is 29.4 Å². The predicted molar refractivity (Wildman–Crippen MR) is 79.2 cm³/mol. The number of hydrogen-bond acceptors (Lipinski definition) is 4. The first-order chi connectivity index (χ1) is 9.58. The van der Waals surface area contributed by atoms with E-state index in [1.807, 2.05) is 32.9 Å². The van der Waals surface area contributed by atoms with Gasteiger partial charge in [-0.1, -0.05) is 32.9 Å². The first kappa shape index (κ1) is 16.0. The lowest BCUT2D eigenvalue weighted by Gasteiger charge is -2.10. The number of amides is 1. The van der Waals surface area contributed by atoms with Gasteiger partial charge in [-0.05, 0) is 24.5 Å². The third kappa shape index (κ3) is 4.91. The van der Waals surface area contributed by atoms with Gasteiger partial charge in [-0.2, -0.15) is 5.10 Å². The van der Waals surface area contributed by atoms with Gasteiger partial charge in [0.15, 0.2) is 18.1 Å². The molecule has 20 heavy (non-hydrogen) atoms. The normalized spacial score (nSPS) is 11.3. The van der Waals surface area contributed by atoms with Crippen LogP contribution in [0.5, 0.6) is 11.5 Å². The molecule has 1 aromatic carbocycles. The summed E-state index contributed by atoms with van der Waals surface area (Å²) in [4.78, 5) is 11.7. The number of nitrogens with one attached hydrogen (secondary N) is 1. The molecule has 0 aliphatic heterocycles. The molecule has 5 nitrogen and oxygen atoms in total. The lowest BCUT2D eigenvalue weighted by atomic mass is 10.1. The lowest BCUT2D eigenvalue weighted by Crippen LogP contribution is -2.26. The molecule has 0 saturated heterocycles. The van der Waals surface area contributed by atoms with Gasteiger partial charge in [-0.3, -0.25) is 4.79 Å². The molecule has 1 aromatic rings. The molecule has 5 heteroatoms. The van der Waals surface area contributed by atoms with E-state index < -0.39 is 0 Å². The first-order valence-electron chi connectivity index (χ1n) is 6.69. The Kier molecular flexibility index (Phi) is 6.56. The van der Waals surface area contributed by atoms with Crippen molar-refractivity contribution < 1.29 is 14.3 Å². The van der Waals surface area contributed by atoms with Gasteiger partial charge in [0.1, 0.15) is 0 Å². The van der Waals surface area contributed by atoms with E-state index in [9.17, 15) is 4.79 Å². The zero-order chi connectivity index (χ0) is 15.0. The summed E-state index contributed by atoms with van der Waals surface area (Å²) in [5.41, 5.74) is 3.46. The molecule has 1 rings (SSSR count). The van der Waals surface area contributed by atoms with Gasteiger partial charge in [0.25, 0.3) is 5.91 Å². The van der Waals surface area contributed by atoms with Crippen LogP contribution in [0, 0.1) is 5.92 Å². The number of ether oxygens (including phenoxy) is 2. The zero-order valence-corrected chi connectivity index (χ0v) is 12.5. The fourth-order valence-electron chi connectivity index (χ4n) is 1.66. The number of rotatable bonds is 7. The highest BCUT2D eigenvalue weighted by molar-refractivity contribution is 5.87. The van der Waals surface area contributed by atoms with Crippen molar-refractivity contribution in [1.82, 2.24) is 5.43 Å². The number of hydrogen-bond donors (Lipinski definition) is 1. The van der Waals surface area contributed by atoms with Crippen molar-refractivity contribution in [2.75, 3.05) is 13.7 Å². The summed E-state index contributed by atoms with van der Waals surface area (Å²) in [6.07, 6.45) is 0.811. The van der Waals surface area contributed by atoms with E-state index in [0.29, 0.717) is 17.4 Å². The van der Waals surface area contributed by atoms with Crippen molar-refractivity contribution >= 4 is 11.6 Å². The minimum absolute atomic E-state index is 0.0983. The number of methoxy groups -OCH3 is 1. The number of benzene rings is 1. The summed E-state index contributed by atoms with van der Waals surface area (Å²) in [5, 5.41) is 4.10. The molecule has 1 amide bonds. The van der Waals surface area contributed by atoms with E-state index in [1.165, 1.54) is 0 Å². The summed E-state index contributed by atoms with van der Waals surface area (Å²) < 4.78 is 10.6. The number of nitrogens with zero attached hydrogens (tertiary/aromatic N) is 1. The second-order valence-electron chi connectivity index (χ2n) is 4.59. The average Bonchev–Trinajstić information content (AvgIpc) is 2.45. The summed E-state index contributed by atoms with van der Waals surface area (Å²) in [6.45, 7) is 5.99. The summed E-state index contributed by atoms with van der Waals surface area (Å²) >= 11 is 0. The van der Waals surface area contributed by atoms with Crippen LogP contribution in [0.4, 0.5) is 0 Å². The lowest BCUT2D eigenvalue weighted by molar-refractivity contribution is -0.123. The fraction of sp³-hybridized carbons (Fsp3) is 0.467. The monoisotopic (exact) mass is 278 g/mol. The largest absolute Gasteiger partial charge is 0.493 e. The molecule has 0 saturated carbocycles. The molecule has 0 aliphatic rings. The van der Waals surface area contributed by atoms with Gasteiger partial charge >= 0.3 is 0 Å². The van der Waals surface area contributed by atoms with Crippen LogP contribution in [0.25, 0.3) is 0 Å². The van der Waals surface area contributed by atoms with Crippen molar-refractivity contribution in [1.29, 1.82) is 0 Å². The van der Waals surface area contributed by atoms with Crippen molar-refractivity contribution in [2.24, 2.45) is 11.0 Å². The summed E-state index contributed by atoms with van der Waals surface area (Å²) in [7, 11) is 1.56. The Morgan fingerprint density at radius 2 is 1.95 bits per heavy atom. The zero-order valence-electron chi connectivity index (χ0n) is 12.5. The van der Waals surface area contributed by atoms with E-state index in [-0.39, 0.29) is 12.5 Å². The third-order valence-electron chi connectivity index (χ3n) is 2.78. The van der Waals surface area contributed by atoms with Crippen LogP contribution in [-0.2, 0) is 4.79 Å². The number of carbonyl (C=O) groups is 1.